The van der Waals surface area contributed by atoms with Crippen LogP contribution in [0.25, 0.3) is 10.4 Å². The third kappa shape index (κ3) is 6.92. The minimum Gasteiger partial charge on any atom is -0.611 e. The van der Waals surface area contributed by atoms with E-state index < -0.39 is 17.3 Å². The molecule has 1 saturated carbocycles. The van der Waals surface area contributed by atoms with Crippen LogP contribution >= 0.6 is 11.3 Å². The second-order valence-electron chi connectivity index (χ2n) is 9.98. The number of nitrogens with one attached hydrogen (secondary N) is 1. The topological polar surface area (TPSA) is 115 Å². The lowest BCUT2D eigenvalue weighted by molar-refractivity contribution is 0.109. The van der Waals surface area contributed by atoms with E-state index in [1.165, 1.54) is 4.90 Å². The van der Waals surface area contributed by atoms with Crippen LogP contribution in [-0.2, 0) is 15.9 Å². The molecule has 10 heteroatoms. The van der Waals surface area contributed by atoms with Gasteiger partial charge in [0.2, 0.25) is 0 Å². The van der Waals surface area contributed by atoms with Crippen molar-refractivity contribution in [2.45, 2.75) is 101 Å². The summed E-state index contributed by atoms with van der Waals surface area (Å²) in [4.78, 5) is 31.3. The fourth-order valence-corrected chi connectivity index (χ4v) is 6.75. The van der Waals surface area contributed by atoms with E-state index in [9.17, 15) is 19.2 Å². The molecule has 1 atom stereocenters. The molecule has 0 saturated heterocycles. The summed E-state index contributed by atoms with van der Waals surface area (Å²) in [5.74, 6) is 0.310. The molecule has 1 aliphatic carbocycles. The van der Waals surface area contributed by atoms with E-state index >= 15 is 0 Å². The van der Waals surface area contributed by atoms with Gasteiger partial charge in [-0.1, -0.05) is 0 Å². The van der Waals surface area contributed by atoms with Gasteiger partial charge in [-0.15, -0.1) is 11.3 Å². The van der Waals surface area contributed by atoms with Crippen LogP contribution in [0.15, 0.2) is 29.3 Å². The predicted molar refractivity (Wildman–Crippen MR) is 144 cm³/mol. The third-order valence-electron chi connectivity index (χ3n) is 6.14. The number of rotatable bonds is 8. The van der Waals surface area contributed by atoms with Crippen LogP contribution in [0.4, 0.5) is 15.3 Å². The van der Waals surface area contributed by atoms with Crippen molar-refractivity contribution >= 4 is 40.4 Å². The summed E-state index contributed by atoms with van der Waals surface area (Å²) >= 11 is 0.295. The second-order valence-corrected chi connectivity index (χ2v) is 13.0. The lowest BCUT2D eigenvalue weighted by atomic mass is 9.86. The Morgan fingerprint density at radius 3 is 2.39 bits per heavy atom. The normalized spacial score (nSPS) is 18.9. The Morgan fingerprint density at radius 2 is 1.83 bits per heavy atom. The highest BCUT2D eigenvalue weighted by atomic mass is 32.2. The van der Waals surface area contributed by atoms with E-state index in [1.807, 2.05) is 53.8 Å². The maximum absolute atomic E-state index is 13.2. The van der Waals surface area contributed by atoms with E-state index in [4.69, 9.17) is 9.72 Å². The van der Waals surface area contributed by atoms with Gasteiger partial charge in [0.05, 0.1) is 21.7 Å². The van der Waals surface area contributed by atoms with Crippen molar-refractivity contribution in [2.75, 3.05) is 4.90 Å². The first-order valence-electron chi connectivity index (χ1n) is 12.5. The number of hydrogen-bond donors (Lipinski definition) is 2. The molecule has 0 spiro atoms. The van der Waals surface area contributed by atoms with Crippen LogP contribution < -0.4 is 10.2 Å². The van der Waals surface area contributed by atoms with E-state index in [1.54, 1.807) is 23.5 Å². The Morgan fingerprint density at radius 1 is 1.17 bits per heavy atom. The Bertz CT molecular complexity index is 1050. The molecule has 8 nitrogen and oxygen atoms in total. The molecule has 0 aliphatic heterocycles. The number of carboxylic acid groups (broad SMARTS) is 1. The van der Waals surface area contributed by atoms with Crippen molar-refractivity contribution in [1.82, 2.24) is 10.3 Å². The van der Waals surface area contributed by atoms with Crippen molar-refractivity contribution in [3.8, 4) is 10.4 Å². The first kappa shape index (κ1) is 28.3. The average Bonchev–Trinajstić information content (AvgIpc) is 3.28. The SMILES string of the molecule is CC(C)OC(=O)NC1CCC(c2ncc(-c3ccc(N(C(=O)O)C(C)C)cc3[S+]([O-])C(C)C)s2)CC1. The maximum atomic E-state index is 13.2. The molecule has 1 unspecified atom stereocenters. The fraction of sp³-hybridized carbons (Fsp3) is 0.577. The minimum atomic E-state index is -1.30. The number of amides is 2. The van der Waals surface area contributed by atoms with Crippen LogP contribution in [0.2, 0.25) is 0 Å². The number of carbonyl (C=O) groups excluding carboxylic acids is 1. The molecule has 0 bridgehead atoms. The largest absolute Gasteiger partial charge is 0.611 e. The lowest BCUT2D eigenvalue weighted by Crippen LogP contribution is -2.38. The van der Waals surface area contributed by atoms with Gasteiger partial charge >= 0.3 is 12.2 Å². The number of thiazole rings is 1. The van der Waals surface area contributed by atoms with Crippen LogP contribution in [0.1, 0.15) is 78.2 Å². The standard InChI is InChI=1S/C26H37N3O5S2/c1-15(2)29(26(31)32)20-11-12-21(23(13-20)36(33)17(5)6)22-14-27-24(35-22)18-7-9-19(10-8-18)28-25(30)34-16(3)4/h11-19H,7-10H2,1-6H3,(H,28,30)(H,31,32). The smallest absolute Gasteiger partial charge is 0.412 e. The first-order chi connectivity index (χ1) is 17.0. The highest BCUT2D eigenvalue weighted by Gasteiger charge is 2.29. The molecule has 3 rings (SSSR count). The van der Waals surface area contributed by atoms with Gasteiger partial charge in [-0.05, 0) is 90.5 Å². The molecule has 198 valence electrons. The Balaban J connectivity index is 1.80. The molecule has 1 heterocycles. The summed E-state index contributed by atoms with van der Waals surface area (Å²) in [5, 5.41) is 13.6. The van der Waals surface area contributed by atoms with Gasteiger partial charge in [0.25, 0.3) is 0 Å². The summed E-state index contributed by atoms with van der Waals surface area (Å²) in [6, 6.07) is 5.24. The number of ether oxygens (including phenoxy) is 1. The number of hydrogen-bond acceptors (Lipinski definition) is 6. The average molecular weight is 536 g/mol. The van der Waals surface area contributed by atoms with Crippen molar-refractivity contribution in [2.24, 2.45) is 0 Å². The highest BCUT2D eigenvalue weighted by molar-refractivity contribution is 7.92. The molecule has 2 amide bonds. The molecule has 2 N–H and O–H groups in total. The van der Waals surface area contributed by atoms with E-state index in [0.29, 0.717) is 16.5 Å². The quantitative estimate of drug-likeness (QED) is 0.379. The van der Waals surface area contributed by atoms with Gasteiger partial charge in [-0.2, -0.15) is 0 Å². The van der Waals surface area contributed by atoms with Crippen molar-refractivity contribution in [1.29, 1.82) is 0 Å². The van der Waals surface area contributed by atoms with Crippen molar-refractivity contribution in [3.63, 3.8) is 0 Å². The van der Waals surface area contributed by atoms with Crippen molar-refractivity contribution in [3.05, 3.63) is 29.4 Å². The van der Waals surface area contributed by atoms with Gasteiger partial charge in [-0.3, -0.25) is 4.90 Å². The van der Waals surface area contributed by atoms with E-state index in [-0.39, 0.29) is 29.5 Å². The Hall–Kier alpha value is -2.30. The van der Waals surface area contributed by atoms with E-state index in [0.717, 1.165) is 41.1 Å². The summed E-state index contributed by atoms with van der Waals surface area (Å²) in [7, 11) is 0. The number of carbonyl (C=O) groups is 2. The van der Waals surface area contributed by atoms with Crippen LogP contribution in [0, 0.1) is 0 Å². The zero-order valence-corrected chi connectivity index (χ0v) is 23.4. The Labute approximate surface area is 220 Å². The molecular weight excluding hydrogens is 498 g/mol. The summed E-state index contributed by atoms with van der Waals surface area (Å²) in [6.07, 6.45) is 3.86. The summed E-state index contributed by atoms with van der Waals surface area (Å²) in [5.41, 5.74) is 1.34. The Kier molecular flexibility index (Phi) is 9.66. The number of anilines is 1. The fourth-order valence-electron chi connectivity index (χ4n) is 4.41. The minimum absolute atomic E-state index is 0.109. The van der Waals surface area contributed by atoms with Gasteiger partial charge < -0.3 is 19.7 Å². The van der Waals surface area contributed by atoms with Gasteiger partial charge in [0.15, 0.2) is 4.90 Å². The number of nitrogens with zero attached hydrogens (tertiary/aromatic N) is 2. The molecule has 1 fully saturated rings. The maximum Gasteiger partial charge on any atom is 0.412 e. The van der Waals surface area contributed by atoms with Crippen molar-refractivity contribution < 1.29 is 24.0 Å². The van der Waals surface area contributed by atoms with Crippen LogP contribution in [0.3, 0.4) is 0 Å². The first-order valence-corrected chi connectivity index (χ1v) is 14.5. The summed E-state index contributed by atoms with van der Waals surface area (Å²) in [6.45, 7) is 11.1. The number of aromatic nitrogens is 1. The van der Waals surface area contributed by atoms with Gasteiger partial charge in [0, 0.05) is 35.8 Å². The van der Waals surface area contributed by atoms with Gasteiger partial charge in [-0.25, -0.2) is 14.6 Å². The van der Waals surface area contributed by atoms with Crippen LogP contribution in [0.5, 0.6) is 0 Å². The lowest BCUT2D eigenvalue weighted by Gasteiger charge is -2.28. The zero-order chi connectivity index (χ0) is 26.6. The van der Waals surface area contributed by atoms with Crippen LogP contribution in [-0.4, -0.2) is 50.3 Å². The highest BCUT2D eigenvalue weighted by Crippen LogP contribution is 2.41. The predicted octanol–water partition coefficient (Wildman–Crippen LogP) is 6.38. The van der Waals surface area contributed by atoms with Gasteiger partial charge in [0.1, 0.15) is 5.25 Å². The number of benzene rings is 1. The molecule has 36 heavy (non-hydrogen) atoms. The molecule has 1 aliphatic rings. The third-order valence-corrected chi connectivity index (χ3v) is 8.96. The zero-order valence-electron chi connectivity index (χ0n) is 21.8. The molecular formula is C26H37N3O5S2. The van der Waals surface area contributed by atoms with E-state index in [2.05, 4.69) is 5.32 Å². The molecule has 0 radical (unpaired) electrons. The molecule has 1 aromatic carbocycles. The monoisotopic (exact) mass is 535 g/mol. The number of alkyl carbamates (subject to hydrolysis) is 1. The second kappa shape index (κ2) is 12.3. The molecule has 1 aromatic heterocycles. The molecule has 2 aromatic rings. The summed E-state index contributed by atoms with van der Waals surface area (Å²) < 4.78 is 18.4.